The summed E-state index contributed by atoms with van der Waals surface area (Å²) < 4.78 is 0. The van der Waals surface area contributed by atoms with Crippen LogP contribution in [0.15, 0.2) is 30.3 Å². The number of benzene rings is 1. The van der Waals surface area contributed by atoms with E-state index in [1.165, 1.54) is 5.56 Å². The van der Waals surface area contributed by atoms with Crippen LogP contribution < -0.4 is 0 Å². The van der Waals surface area contributed by atoms with E-state index in [-0.39, 0.29) is 11.9 Å². The summed E-state index contributed by atoms with van der Waals surface area (Å²) in [5.41, 5.74) is 1.32. The van der Waals surface area contributed by atoms with Gasteiger partial charge in [0.15, 0.2) is 0 Å². The molecule has 1 aromatic rings. The van der Waals surface area contributed by atoms with E-state index < -0.39 is 12.0 Å². The van der Waals surface area contributed by atoms with Crippen molar-refractivity contribution in [3.05, 3.63) is 35.9 Å². The third kappa shape index (κ3) is 3.14. The zero-order chi connectivity index (χ0) is 15.5. The molecule has 2 fully saturated rings. The molecule has 2 atom stereocenters. The number of aliphatic carboxylic acids is 1. The Morgan fingerprint density at radius 1 is 1.23 bits per heavy atom. The number of rotatable bonds is 5. The van der Waals surface area contributed by atoms with Gasteiger partial charge in [0.2, 0.25) is 5.91 Å². The average molecular weight is 302 g/mol. The monoisotopic (exact) mass is 302 g/mol. The maximum atomic E-state index is 12.3. The molecule has 2 saturated heterocycles. The molecule has 118 valence electrons. The first-order chi connectivity index (χ1) is 10.6. The average Bonchev–Trinajstić information content (AvgIpc) is 2.93. The molecule has 22 heavy (non-hydrogen) atoms. The Morgan fingerprint density at radius 3 is 2.73 bits per heavy atom. The summed E-state index contributed by atoms with van der Waals surface area (Å²) in [6.07, 6.45) is 3.42. The van der Waals surface area contributed by atoms with Crippen LogP contribution in [0.3, 0.4) is 0 Å². The molecule has 0 saturated carbocycles. The molecule has 0 bridgehead atoms. The van der Waals surface area contributed by atoms with Gasteiger partial charge in [-0.25, -0.2) is 4.79 Å². The third-order valence-electron chi connectivity index (χ3n) is 4.69. The highest BCUT2D eigenvalue weighted by Crippen LogP contribution is 2.28. The lowest BCUT2D eigenvalue weighted by molar-refractivity contribution is -0.152. The SMILES string of the molecule is O=C(O)C1CCC2CN(CCCc3ccccc3)CC(=O)N21. The highest BCUT2D eigenvalue weighted by atomic mass is 16.4. The summed E-state index contributed by atoms with van der Waals surface area (Å²) in [5, 5.41) is 9.20. The molecule has 0 aromatic heterocycles. The maximum absolute atomic E-state index is 12.3. The molecule has 1 aromatic carbocycles. The molecule has 2 heterocycles. The Labute approximate surface area is 130 Å². The van der Waals surface area contributed by atoms with E-state index in [1.807, 2.05) is 18.2 Å². The predicted molar refractivity (Wildman–Crippen MR) is 82.5 cm³/mol. The highest BCUT2D eigenvalue weighted by molar-refractivity contribution is 5.86. The van der Waals surface area contributed by atoms with Gasteiger partial charge in [-0.2, -0.15) is 0 Å². The van der Waals surface area contributed by atoms with E-state index in [0.29, 0.717) is 13.0 Å². The molecule has 1 amide bonds. The van der Waals surface area contributed by atoms with Crippen molar-refractivity contribution in [1.29, 1.82) is 0 Å². The summed E-state index contributed by atoms with van der Waals surface area (Å²) in [7, 11) is 0. The smallest absolute Gasteiger partial charge is 0.326 e. The van der Waals surface area contributed by atoms with Crippen molar-refractivity contribution >= 4 is 11.9 Å². The third-order valence-corrected chi connectivity index (χ3v) is 4.69. The first kappa shape index (κ1) is 15.0. The molecule has 0 radical (unpaired) electrons. The number of carboxylic acid groups (broad SMARTS) is 1. The Bertz CT molecular complexity index is 546. The first-order valence-corrected chi connectivity index (χ1v) is 7.95. The van der Waals surface area contributed by atoms with Crippen LogP contribution in [0.4, 0.5) is 0 Å². The molecule has 2 unspecified atom stereocenters. The summed E-state index contributed by atoms with van der Waals surface area (Å²) in [5.74, 6) is -0.894. The van der Waals surface area contributed by atoms with Crippen molar-refractivity contribution < 1.29 is 14.7 Å². The molecular formula is C17H22N2O3. The van der Waals surface area contributed by atoms with Crippen molar-refractivity contribution in [2.75, 3.05) is 19.6 Å². The molecule has 1 N–H and O–H groups in total. The van der Waals surface area contributed by atoms with Crippen LogP contribution in [0.1, 0.15) is 24.8 Å². The minimum Gasteiger partial charge on any atom is -0.480 e. The molecule has 0 aliphatic carbocycles. The van der Waals surface area contributed by atoms with Crippen LogP contribution in [-0.2, 0) is 16.0 Å². The summed E-state index contributed by atoms with van der Waals surface area (Å²) in [4.78, 5) is 27.2. The number of carbonyl (C=O) groups is 2. The number of nitrogens with zero attached hydrogens (tertiary/aromatic N) is 2. The summed E-state index contributed by atoms with van der Waals surface area (Å²) in [6, 6.07) is 9.82. The van der Waals surface area contributed by atoms with Crippen LogP contribution in [0, 0.1) is 0 Å². The quantitative estimate of drug-likeness (QED) is 0.892. The van der Waals surface area contributed by atoms with Crippen molar-refractivity contribution in [3.8, 4) is 0 Å². The molecule has 3 rings (SSSR count). The van der Waals surface area contributed by atoms with Gasteiger partial charge >= 0.3 is 5.97 Å². The van der Waals surface area contributed by atoms with Gasteiger partial charge < -0.3 is 10.0 Å². The molecule has 2 aliphatic heterocycles. The van der Waals surface area contributed by atoms with Crippen LogP contribution in [0.25, 0.3) is 0 Å². The largest absolute Gasteiger partial charge is 0.480 e. The number of hydrogen-bond donors (Lipinski definition) is 1. The minimum absolute atomic E-state index is 0.0270. The summed E-state index contributed by atoms with van der Waals surface area (Å²) >= 11 is 0. The van der Waals surface area contributed by atoms with Gasteiger partial charge in [0.05, 0.1) is 6.54 Å². The molecule has 0 spiro atoms. The second-order valence-corrected chi connectivity index (χ2v) is 6.21. The zero-order valence-corrected chi connectivity index (χ0v) is 12.6. The van der Waals surface area contributed by atoms with Gasteiger partial charge in [-0.15, -0.1) is 0 Å². The van der Waals surface area contributed by atoms with Crippen LogP contribution in [0.2, 0.25) is 0 Å². The lowest BCUT2D eigenvalue weighted by Crippen LogP contribution is -2.57. The second-order valence-electron chi connectivity index (χ2n) is 6.21. The lowest BCUT2D eigenvalue weighted by Gasteiger charge is -2.38. The van der Waals surface area contributed by atoms with E-state index in [9.17, 15) is 14.7 Å². The Morgan fingerprint density at radius 2 is 2.00 bits per heavy atom. The fraction of sp³-hybridized carbons (Fsp3) is 0.529. The zero-order valence-electron chi connectivity index (χ0n) is 12.6. The van der Waals surface area contributed by atoms with E-state index in [1.54, 1.807) is 4.90 Å². The number of amides is 1. The van der Waals surface area contributed by atoms with Crippen LogP contribution in [-0.4, -0.2) is 58.5 Å². The van der Waals surface area contributed by atoms with Crippen molar-refractivity contribution in [2.45, 2.75) is 37.8 Å². The van der Waals surface area contributed by atoms with Crippen LogP contribution >= 0.6 is 0 Å². The Balaban J connectivity index is 1.51. The van der Waals surface area contributed by atoms with E-state index in [4.69, 9.17) is 0 Å². The van der Waals surface area contributed by atoms with Gasteiger partial charge in [0.1, 0.15) is 6.04 Å². The second kappa shape index (κ2) is 6.48. The molecule has 5 nitrogen and oxygen atoms in total. The van der Waals surface area contributed by atoms with Gasteiger partial charge in [-0.3, -0.25) is 9.69 Å². The van der Waals surface area contributed by atoms with E-state index in [2.05, 4.69) is 17.0 Å². The predicted octanol–water partition coefficient (Wildman–Crippen LogP) is 1.38. The van der Waals surface area contributed by atoms with Gasteiger partial charge in [0, 0.05) is 12.6 Å². The maximum Gasteiger partial charge on any atom is 0.326 e. The van der Waals surface area contributed by atoms with Crippen molar-refractivity contribution in [3.63, 3.8) is 0 Å². The number of fused-ring (bicyclic) bond motifs is 1. The van der Waals surface area contributed by atoms with Crippen LogP contribution in [0.5, 0.6) is 0 Å². The lowest BCUT2D eigenvalue weighted by atomic mass is 10.1. The molecule has 2 aliphatic rings. The normalized spacial score (nSPS) is 25.3. The van der Waals surface area contributed by atoms with Gasteiger partial charge in [-0.1, -0.05) is 30.3 Å². The van der Waals surface area contributed by atoms with Crippen molar-refractivity contribution in [2.24, 2.45) is 0 Å². The van der Waals surface area contributed by atoms with E-state index >= 15 is 0 Å². The number of hydrogen-bond acceptors (Lipinski definition) is 3. The fourth-order valence-electron chi connectivity index (χ4n) is 3.64. The Kier molecular flexibility index (Phi) is 4.43. The minimum atomic E-state index is -0.867. The number of carboxylic acids is 1. The topological polar surface area (TPSA) is 60.9 Å². The fourth-order valence-corrected chi connectivity index (χ4v) is 3.64. The standard InChI is InChI=1S/C17H22N2O3/c20-16-12-18(10-4-7-13-5-2-1-3-6-13)11-14-8-9-15(17(21)22)19(14)16/h1-3,5-6,14-15H,4,7-12H2,(H,21,22). The molecular weight excluding hydrogens is 280 g/mol. The molecule has 5 heteroatoms. The number of carbonyl (C=O) groups excluding carboxylic acids is 1. The highest BCUT2D eigenvalue weighted by Gasteiger charge is 2.44. The first-order valence-electron chi connectivity index (χ1n) is 7.95. The number of aryl methyl sites for hydroxylation is 1. The number of piperazine rings is 1. The van der Waals surface area contributed by atoms with E-state index in [0.717, 1.165) is 32.4 Å². The summed E-state index contributed by atoms with van der Waals surface area (Å²) in [6.45, 7) is 2.06. The Hall–Kier alpha value is -1.88. The van der Waals surface area contributed by atoms with Crippen molar-refractivity contribution in [1.82, 2.24) is 9.80 Å². The van der Waals surface area contributed by atoms with Gasteiger partial charge in [-0.05, 0) is 37.8 Å². The van der Waals surface area contributed by atoms with Gasteiger partial charge in [0.25, 0.3) is 0 Å².